The van der Waals surface area contributed by atoms with Crippen LogP contribution in [0.1, 0.15) is 37.3 Å². The zero-order valence-corrected chi connectivity index (χ0v) is 13.4. The summed E-state index contributed by atoms with van der Waals surface area (Å²) in [6.45, 7) is 6.52. The maximum atomic E-state index is 13.1. The van der Waals surface area contributed by atoms with Crippen molar-refractivity contribution in [3.05, 3.63) is 17.0 Å². The van der Waals surface area contributed by atoms with E-state index in [2.05, 4.69) is 9.88 Å². The highest BCUT2D eigenvalue weighted by Gasteiger charge is 2.69. The Morgan fingerprint density at radius 3 is 2.43 bits per heavy atom. The second-order valence-corrected chi connectivity index (χ2v) is 7.98. The molecular formula is C13H20F2N2O3S. The summed E-state index contributed by atoms with van der Waals surface area (Å²) in [4.78, 5) is 0. The normalized spacial score (nSPS) is 25.8. The molecule has 2 unspecified atom stereocenters. The van der Waals surface area contributed by atoms with Crippen molar-refractivity contribution in [1.82, 2.24) is 9.88 Å². The molecule has 0 aromatic carbocycles. The van der Waals surface area contributed by atoms with Crippen molar-refractivity contribution >= 4 is 10.0 Å². The lowest BCUT2D eigenvalue weighted by Crippen LogP contribution is -2.38. The van der Waals surface area contributed by atoms with Gasteiger partial charge in [0.05, 0.1) is 16.9 Å². The van der Waals surface area contributed by atoms with Crippen LogP contribution < -0.4 is 4.72 Å². The molecule has 1 aromatic heterocycles. The molecule has 8 heteroatoms. The summed E-state index contributed by atoms with van der Waals surface area (Å²) in [7, 11) is -3.76. The van der Waals surface area contributed by atoms with Gasteiger partial charge in [-0.3, -0.25) is 0 Å². The Bertz CT molecular complexity index is 622. The van der Waals surface area contributed by atoms with Gasteiger partial charge in [0, 0.05) is 18.0 Å². The predicted octanol–water partition coefficient (Wildman–Crippen LogP) is 2.19. The first-order chi connectivity index (χ1) is 9.46. The first kappa shape index (κ1) is 16.4. The van der Waals surface area contributed by atoms with Crippen LogP contribution in [0.3, 0.4) is 0 Å². The number of aromatic nitrogens is 1. The van der Waals surface area contributed by atoms with E-state index in [4.69, 9.17) is 4.52 Å². The SMILES string of the molecule is Cc1noc(C)c1CC(C)NS(=O)(=O)CC1(C)CC1(F)F. The summed E-state index contributed by atoms with van der Waals surface area (Å²) in [5.41, 5.74) is 0.106. The minimum atomic E-state index is -3.76. The van der Waals surface area contributed by atoms with E-state index in [1.165, 1.54) is 6.92 Å². The number of alkyl halides is 2. The van der Waals surface area contributed by atoms with E-state index < -0.39 is 33.2 Å². The van der Waals surface area contributed by atoms with Crippen LogP contribution in [0.25, 0.3) is 0 Å². The van der Waals surface area contributed by atoms with Gasteiger partial charge in [-0.25, -0.2) is 21.9 Å². The van der Waals surface area contributed by atoms with Gasteiger partial charge in [-0.05, 0) is 27.2 Å². The van der Waals surface area contributed by atoms with E-state index in [0.717, 1.165) is 5.56 Å². The average Bonchev–Trinajstić information content (AvgIpc) is 2.60. The highest BCUT2D eigenvalue weighted by Crippen LogP contribution is 2.60. The van der Waals surface area contributed by atoms with Gasteiger partial charge in [0.15, 0.2) is 0 Å². The van der Waals surface area contributed by atoms with E-state index in [9.17, 15) is 17.2 Å². The molecule has 0 spiro atoms. The fraction of sp³-hybridized carbons (Fsp3) is 0.769. The Morgan fingerprint density at radius 1 is 1.43 bits per heavy atom. The summed E-state index contributed by atoms with van der Waals surface area (Å²) in [6, 6.07) is -0.414. The molecule has 1 heterocycles. The summed E-state index contributed by atoms with van der Waals surface area (Å²) < 4.78 is 57.8. The first-order valence-electron chi connectivity index (χ1n) is 6.75. The molecule has 120 valence electrons. The van der Waals surface area contributed by atoms with Crippen molar-refractivity contribution in [2.24, 2.45) is 5.41 Å². The third-order valence-corrected chi connectivity index (χ3v) is 5.73. The summed E-state index contributed by atoms with van der Waals surface area (Å²) >= 11 is 0. The maximum absolute atomic E-state index is 13.1. The van der Waals surface area contributed by atoms with Crippen LogP contribution in [0.5, 0.6) is 0 Å². The molecule has 1 saturated carbocycles. The zero-order valence-electron chi connectivity index (χ0n) is 12.5. The lowest BCUT2D eigenvalue weighted by atomic mass is 10.1. The van der Waals surface area contributed by atoms with Gasteiger partial charge in [-0.15, -0.1) is 0 Å². The topological polar surface area (TPSA) is 72.2 Å². The van der Waals surface area contributed by atoms with Crippen molar-refractivity contribution < 1.29 is 21.7 Å². The Labute approximate surface area is 123 Å². The molecule has 1 N–H and O–H groups in total. The van der Waals surface area contributed by atoms with E-state index in [0.29, 0.717) is 17.9 Å². The Hall–Kier alpha value is -1.02. The predicted molar refractivity (Wildman–Crippen MR) is 73.7 cm³/mol. The molecule has 1 fully saturated rings. The van der Waals surface area contributed by atoms with Crippen LogP contribution >= 0.6 is 0 Å². The molecule has 2 atom stereocenters. The molecular weight excluding hydrogens is 302 g/mol. The quantitative estimate of drug-likeness (QED) is 0.871. The second kappa shape index (κ2) is 5.01. The molecule has 0 radical (unpaired) electrons. The first-order valence-corrected chi connectivity index (χ1v) is 8.41. The third kappa shape index (κ3) is 3.42. The van der Waals surface area contributed by atoms with E-state index in [1.54, 1.807) is 20.8 Å². The van der Waals surface area contributed by atoms with Crippen LogP contribution in [0.4, 0.5) is 8.78 Å². The Balaban J connectivity index is 1.98. The van der Waals surface area contributed by atoms with Crippen LogP contribution in [0.2, 0.25) is 0 Å². The number of aryl methyl sites for hydroxylation is 2. The van der Waals surface area contributed by atoms with Gasteiger partial charge in [-0.2, -0.15) is 0 Å². The number of nitrogens with zero attached hydrogens (tertiary/aromatic N) is 1. The summed E-state index contributed by atoms with van der Waals surface area (Å²) in [5, 5.41) is 3.80. The highest BCUT2D eigenvalue weighted by atomic mass is 32.2. The van der Waals surface area contributed by atoms with Crippen LogP contribution in [0, 0.1) is 19.3 Å². The monoisotopic (exact) mass is 322 g/mol. The maximum Gasteiger partial charge on any atom is 0.255 e. The zero-order chi connectivity index (χ0) is 16.1. The van der Waals surface area contributed by atoms with E-state index in [1.807, 2.05) is 0 Å². The van der Waals surface area contributed by atoms with Crippen LogP contribution in [-0.2, 0) is 16.4 Å². The van der Waals surface area contributed by atoms with Crippen LogP contribution in [-0.4, -0.2) is 31.3 Å². The number of halogens is 2. The number of hydrogen-bond donors (Lipinski definition) is 1. The van der Waals surface area contributed by atoms with E-state index >= 15 is 0 Å². The number of rotatable bonds is 6. The Morgan fingerprint density at radius 2 is 2.00 bits per heavy atom. The Kier molecular flexibility index (Phi) is 3.90. The third-order valence-electron chi connectivity index (χ3n) is 3.95. The highest BCUT2D eigenvalue weighted by molar-refractivity contribution is 7.89. The molecule has 0 saturated heterocycles. The van der Waals surface area contributed by atoms with Gasteiger partial charge < -0.3 is 4.52 Å². The summed E-state index contributed by atoms with van der Waals surface area (Å²) in [6.07, 6.45) is 0.0344. The lowest BCUT2D eigenvalue weighted by Gasteiger charge is -2.16. The van der Waals surface area contributed by atoms with Crippen molar-refractivity contribution in [2.75, 3.05) is 5.75 Å². The molecule has 1 aliphatic carbocycles. The number of nitrogens with one attached hydrogen (secondary N) is 1. The van der Waals surface area contributed by atoms with E-state index in [-0.39, 0.29) is 6.42 Å². The molecule has 1 aliphatic rings. The molecule has 0 aliphatic heterocycles. The average molecular weight is 322 g/mol. The lowest BCUT2D eigenvalue weighted by molar-refractivity contribution is 0.0769. The van der Waals surface area contributed by atoms with Gasteiger partial charge >= 0.3 is 0 Å². The smallest absolute Gasteiger partial charge is 0.255 e. The van der Waals surface area contributed by atoms with Gasteiger partial charge in [-0.1, -0.05) is 12.1 Å². The minimum absolute atomic E-state index is 0.376. The second-order valence-electron chi connectivity index (χ2n) is 6.23. The fourth-order valence-corrected chi connectivity index (χ4v) is 4.44. The van der Waals surface area contributed by atoms with Crippen molar-refractivity contribution in [3.8, 4) is 0 Å². The number of sulfonamides is 1. The molecule has 0 amide bonds. The largest absolute Gasteiger partial charge is 0.361 e. The van der Waals surface area contributed by atoms with Crippen LogP contribution in [0.15, 0.2) is 4.52 Å². The van der Waals surface area contributed by atoms with Gasteiger partial charge in [0.1, 0.15) is 5.76 Å². The fourth-order valence-electron chi connectivity index (χ4n) is 2.51. The van der Waals surface area contributed by atoms with Gasteiger partial charge in [0.25, 0.3) is 5.92 Å². The van der Waals surface area contributed by atoms with Crippen molar-refractivity contribution in [1.29, 1.82) is 0 Å². The molecule has 5 nitrogen and oxygen atoms in total. The van der Waals surface area contributed by atoms with Gasteiger partial charge in [0.2, 0.25) is 10.0 Å². The molecule has 1 aromatic rings. The minimum Gasteiger partial charge on any atom is -0.361 e. The molecule has 0 bridgehead atoms. The standard InChI is InChI=1S/C13H20F2N2O3S/c1-8(5-11-9(2)16-20-10(11)3)17-21(18,19)7-12(4)6-13(12,14)15/h8,17H,5-7H2,1-4H3. The molecule has 2 rings (SSSR count). The number of hydrogen-bond acceptors (Lipinski definition) is 4. The summed E-state index contributed by atoms with van der Waals surface area (Å²) in [5.74, 6) is -2.80. The van der Waals surface area contributed by atoms with Crippen molar-refractivity contribution in [2.45, 2.75) is 52.5 Å². The molecule has 21 heavy (non-hydrogen) atoms. The van der Waals surface area contributed by atoms with Crippen molar-refractivity contribution in [3.63, 3.8) is 0 Å².